The van der Waals surface area contributed by atoms with Crippen LogP contribution in [0.3, 0.4) is 0 Å². The first kappa shape index (κ1) is 15.8. The molecule has 0 aliphatic heterocycles. The molecule has 0 radical (unpaired) electrons. The lowest BCUT2D eigenvalue weighted by Crippen LogP contribution is -2.44. The van der Waals surface area contributed by atoms with Gasteiger partial charge in [-0.15, -0.1) is 0 Å². The molecule has 1 aromatic carbocycles. The van der Waals surface area contributed by atoms with Crippen LogP contribution in [0, 0.1) is 5.92 Å². The third kappa shape index (κ3) is 3.74. The Bertz CT molecular complexity index is 596. The zero-order chi connectivity index (χ0) is 15.5. The van der Waals surface area contributed by atoms with Crippen molar-refractivity contribution >= 4 is 16.0 Å². The van der Waals surface area contributed by atoms with Gasteiger partial charge in [0.2, 0.25) is 10.0 Å². The molecule has 1 aliphatic carbocycles. The predicted octanol–water partition coefficient (Wildman–Crippen LogP) is 1.62. The van der Waals surface area contributed by atoms with Gasteiger partial charge < -0.3 is 9.84 Å². The van der Waals surface area contributed by atoms with Gasteiger partial charge in [-0.1, -0.05) is 12.8 Å². The van der Waals surface area contributed by atoms with E-state index in [1.165, 1.54) is 19.2 Å². The van der Waals surface area contributed by atoms with E-state index in [4.69, 9.17) is 4.74 Å². The number of hydrogen-bond donors (Lipinski definition) is 2. The van der Waals surface area contributed by atoms with Crippen LogP contribution in [0.4, 0.5) is 0 Å². The van der Waals surface area contributed by atoms with Crippen LogP contribution >= 0.6 is 0 Å². The number of carboxylic acid groups (broad SMARTS) is 1. The highest BCUT2D eigenvalue weighted by Crippen LogP contribution is 2.26. The lowest BCUT2D eigenvalue weighted by atomic mass is 9.85. The first-order valence-corrected chi connectivity index (χ1v) is 8.31. The molecule has 0 heterocycles. The summed E-state index contributed by atoms with van der Waals surface area (Å²) < 4.78 is 32.2. The van der Waals surface area contributed by atoms with Gasteiger partial charge in [0.05, 0.1) is 17.9 Å². The Hall–Kier alpha value is -1.60. The Morgan fingerprint density at radius 1 is 1.24 bits per heavy atom. The van der Waals surface area contributed by atoms with Gasteiger partial charge in [0, 0.05) is 6.04 Å². The summed E-state index contributed by atoms with van der Waals surface area (Å²) in [6.45, 7) is 0. The maximum Gasteiger partial charge on any atom is 0.308 e. The molecule has 6 nitrogen and oxygen atoms in total. The van der Waals surface area contributed by atoms with Crippen LogP contribution in [0.25, 0.3) is 0 Å². The van der Waals surface area contributed by atoms with Gasteiger partial charge >= 0.3 is 5.97 Å². The number of aliphatic carboxylic acids is 1. The van der Waals surface area contributed by atoms with Crippen LogP contribution in [0.15, 0.2) is 29.2 Å². The average molecular weight is 313 g/mol. The number of carbonyl (C=O) groups is 1. The van der Waals surface area contributed by atoms with E-state index in [2.05, 4.69) is 4.72 Å². The van der Waals surface area contributed by atoms with Gasteiger partial charge in [-0.05, 0) is 37.1 Å². The Kier molecular flexibility index (Phi) is 4.84. The van der Waals surface area contributed by atoms with Crippen molar-refractivity contribution in [3.8, 4) is 5.75 Å². The van der Waals surface area contributed by atoms with Crippen LogP contribution in [-0.2, 0) is 14.8 Å². The number of nitrogens with one attached hydrogen (secondary N) is 1. The molecule has 2 rings (SSSR count). The Morgan fingerprint density at radius 2 is 1.86 bits per heavy atom. The maximum absolute atomic E-state index is 12.3. The van der Waals surface area contributed by atoms with Gasteiger partial charge in [0.15, 0.2) is 0 Å². The molecule has 0 aromatic heterocycles. The van der Waals surface area contributed by atoms with Crippen molar-refractivity contribution in [2.75, 3.05) is 7.11 Å². The molecule has 1 saturated carbocycles. The van der Waals surface area contributed by atoms with Crippen molar-refractivity contribution in [2.45, 2.75) is 36.6 Å². The minimum atomic E-state index is -3.72. The van der Waals surface area contributed by atoms with Crippen molar-refractivity contribution in [2.24, 2.45) is 5.92 Å². The smallest absolute Gasteiger partial charge is 0.308 e. The van der Waals surface area contributed by atoms with Gasteiger partial charge in [-0.25, -0.2) is 13.1 Å². The van der Waals surface area contributed by atoms with Crippen LogP contribution in [0.1, 0.15) is 25.7 Å². The summed E-state index contributed by atoms with van der Waals surface area (Å²) in [7, 11) is -2.22. The van der Waals surface area contributed by atoms with E-state index in [9.17, 15) is 18.3 Å². The lowest BCUT2D eigenvalue weighted by molar-refractivity contribution is -0.143. The van der Waals surface area contributed by atoms with Gasteiger partial charge in [0.25, 0.3) is 0 Å². The fraction of sp³-hybridized carbons (Fsp3) is 0.500. The highest BCUT2D eigenvalue weighted by Gasteiger charge is 2.33. The first-order chi connectivity index (χ1) is 9.94. The number of sulfonamides is 1. The topological polar surface area (TPSA) is 92.7 Å². The minimum Gasteiger partial charge on any atom is -0.497 e. The molecule has 0 amide bonds. The van der Waals surface area contributed by atoms with Gasteiger partial charge in [-0.3, -0.25) is 4.79 Å². The Labute approximate surface area is 124 Å². The number of rotatable bonds is 5. The van der Waals surface area contributed by atoms with Crippen molar-refractivity contribution in [3.63, 3.8) is 0 Å². The van der Waals surface area contributed by atoms with E-state index in [1.807, 2.05) is 0 Å². The molecule has 0 bridgehead atoms. The number of ether oxygens (including phenoxy) is 1. The third-order valence-corrected chi connectivity index (χ3v) is 5.27. The summed E-state index contributed by atoms with van der Waals surface area (Å²) in [6, 6.07) is 5.46. The fourth-order valence-corrected chi connectivity index (χ4v) is 3.90. The second-order valence-electron chi connectivity index (χ2n) is 5.13. The van der Waals surface area contributed by atoms with Crippen LogP contribution < -0.4 is 9.46 Å². The van der Waals surface area contributed by atoms with Crippen LogP contribution in [0.2, 0.25) is 0 Å². The van der Waals surface area contributed by atoms with Crippen LogP contribution in [-0.4, -0.2) is 32.6 Å². The summed E-state index contributed by atoms with van der Waals surface area (Å²) in [6.07, 6.45) is 2.70. The van der Waals surface area contributed by atoms with E-state index >= 15 is 0 Å². The van der Waals surface area contributed by atoms with Crippen molar-refractivity contribution < 1.29 is 23.1 Å². The standard InChI is InChI=1S/C14H19NO5S/c1-20-10-6-8-11(9-7-10)21(18,19)15-13-5-3-2-4-12(13)14(16)17/h6-9,12-13,15H,2-5H2,1H3,(H,16,17)/t12-,13-/m0/s1. The number of carboxylic acids is 1. The molecular formula is C14H19NO5S. The molecular weight excluding hydrogens is 294 g/mol. The number of benzene rings is 1. The summed E-state index contributed by atoms with van der Waals surface area (Å²) in [5.41, 5.74) is 0. The van der Waals surface area contributed by atoms with E-state index in [1.54, 1.807) is 12.1 Å². The molecule has 21 heavy (non-hydrogen) atoms. The van der Waals surface area contributed by atoms with E-state index in [-0.39, 0.29) is 4.90 Å². The second kappa shape index (κ2) is 6.44. The number of methoxy groups -OCH3 is 1. The quantitative estimate of drug-likeness (QED) is 0.861. The summed E-state index contributed by atoms with van der Waals surface area (Å²) in [5, 5.41) is 9.19. The normalized spacial score (nSPS) is 22.7. The molecule has 116 valence electrons. The number of hydrogen-bond acceptors (Lipinski definition) is 4. The van der Waals surface area contributed by atoms with Gasteiger partial charge in [0.1, 0.15) is 5.75 Å². The molecule has 0 unspecified atom stereocenters. The lowest BCUT2D eigenvalue weighted by Gasteiger charge is -2.28. The molecule has 1 aliphatic rings. The van der Waals surface area contributed by atoms with Crippen molar-refractivity contribution in [1.29, 1.82) is 0 Å². The molecule has 2 N–H and O–H groups in total. The van der Waals surface area contributed by atoms with E-state index in [0.717, 1.165) is 12.8 Å². The van der Waals surface area contributed by atoms with Crippen molar-refractivity contribution in [1.82, 2.24) is 4.72 Å². The Morgan fingerprint density at radius 3 is 2.43 bits per heavy atom. The largest absolute Gasteiger partial charge is 0.497 e. The van der Waals surface area contributed by atoms with Crippen molar-refractivity contribution in [3.05, 3.63) is 24.3 Å². The summed E-state index contributed by atoms with van der Waals surface area (Å²) >= 11 is 0. The fourth-order valence-electron chi connectivity index (χ4n) is 2.59. The second-order valence-corrected chi connectivity index (χ2v) is 6.85. The average Bonchev–Trinajstić information content (AvgIpc) is 2.47. The maximum atomic E-state index is 12.3. The molecule has 1 aromatic rings. The highest BCUT2D eigenvalue weighted by atomic mass is 32.2. The van der Waals surface area contributed by atoms with E-state index in [0.29, 0.717) is 18.6 Å². The molecule has 7 heteroatoms. The zero-order valence-electron chi connectivity index (χ0n) is 11.8. The Balaban J connectivity index is 2.17. The van der Waals surface area contributed by atoms with Gasteiger partial charge in [-0.2, -0.15) is 0 Å². The SMILES string of the molecule is COc1ccc(S(=O)(=O)N[C@H]2CCCC[C@@H]2C(=O)O)cc1. The van der Waals surface area contributed by atoms with E-state index < -0.39 is 28.0 Å². The molecule has 2 atom stereocenters. The minimum absolute atomic E-state index is 0.109. The summed E-state index contributed by atoms with van der Waals surface area (Å²) in [4.78, 5) is 11.3. The molecule has 0 spiro atoms. The molecule has 1 fully saturated rings. The summed E-state index contributed by atoms with van der Waals surface area (Å²) in [5.74, 6) is -1.04. The first-order valence-electron chi connectivity index (χ1n) is 6.83. The zero-order valence-corrected chi connectivity index (χ0v) is 12.6. The van der Waals surface area contributed by atoms with Crippen LogP contribution in [0.5, 0.6) is 5.75 Å². The molecule has 0 saturated heterocycles. The predicted molar refractivity (Wildman–Crippen MR) is 76.7 cm³/mol. The highest BCUT2D eigenvalue weighted by molar-refractivity contribution is 7.89. The monoisotopic (exact) mass is 313 g/mol. The third-order valence-electron chi connectivity index (χ3n) is 3.76.